The predicted octanol–water partition coefficient (Wildman–Crippen LogP) is 5.53. The van der Waals surface area contributed by atoms with Crippen molar-refractivity contribution in [2.45, 2.75) is 87.3 Å². The van der Waals surface area contributed by atoms with Crippen molar-refractivity contribution in [3.05, 3.63) is 23.8 Å². The number of nitrogens with two attached hydrogens (primary N) is 1. The van der Waals surface area contributed by atoms with Gasteiger partial charge < -0.3 is 34.5 Å². The van der Waals surface area contributed by atoms with Gasteiger partial charge in [0.25, 0.3) is 0 Å². The third-order valence-electron chi connectivity index (χ3n) is 5.74. The van der Waals surface area contributed by atoms with Gasteiger partial charge in [-0.25, -0.2) is 9.59 Å². The van der Waals surface area contributed by atoms with Crippen LogP contribution in [0.2, 0.25) is 0 Å². The fourth-order valence-electron chi connectivity index (χ4n) is 3.40. The van der Waals surface area contributed by atoms with Crippen molar-refractivity contribution in [1.29, 1.82) is 0 Å². The van der Waals surface area contributed by atoms with E-state index in [-0.39, 0.29) is 41.5 Å². The van der Waals surface area contributed by atoms with E-state index in [1.165, 1.54) is 18.2 Å². The summed E-state index contributed by atoms with van der Waals surface area (Å²) in [7, 11) is 0. The van der Waals surface area contributed by atoms with Crippen LogP contribution in [0, 0.1) is 22.7 Å². The van der Waals surface area contributed by atoms with E-state index in [1.807, 2.05) is 41.5 Å². The molecule has 0 fully saturated rings. The lowest BCUT2D eigenvalue weighted by Crippen LogP contribution is -2.43. The molecule has 0 aliphatic carbocycles. The van der Waals surface area contributed by atoms with E-state index in [4.69, 9.17) is 29.4 Å². The number of carbonyl (C=O) groups is 4. The van der Waals surface area contributed by atoms with Crippen molar-refractivity contribution >= 4 is 24.2 Å². The molecule has 3 N–H and O–H groups in total. The molecule has 1 rings (SSSR count). The highest BCUT2D eigenvalue weighted by Crippen LogP contribution is 2.37. The molecular formula is C29H45NO10. The van der Waals surface area contributed by atoms with Crippen LogP contribution in [0.15, 0.2) is 18.2 Å². The van der Waals surface area contributed by atoms with Crippen molar-refractivity contribution in [2.75, 3.05) is 13.2 Å². The van der Waals surface area contributed by atoms with Crippen LogP contribution in [0.1, 0.15) is 80.7 Å². The molecule has 0 aromatic heterocycles. The van der Waals surface area contributed by atoms with Crippen LogP contribution in [0.3, 0.4) is 0 Å². The SMILES string of the molecule is CC(C)C(=O)OC(C)C(C)C(c1ccc(OC(=O)OCC(C)(C)C)c(OC(=O)OCC(C)(C)C)c1)[C@H](N)C(=O)O. The van der Waals surface area contributed by atoms with E-state index in [2.05, 4.69) is 0 Å². The fourth-order valence-corrected chi connectivity index (χ4v) is 3.40. The smallest absolute Gasteiger partial charge is 0.480 e. The number of carbonyl (C=O) groups excluding carboxylic acids is 3. The van der Waals surface area contributed by atoms with Gasteiger partial charge in [0.15, 0.2) is 11.5 Å². The molecule has 0 bridgehead atoms. The summed E-state index contributed by atoms with van der Waals surface area (Å²) in [5.74, 6) is -3.91. The Bertz CT molecular complexity index is 1040. The third-order valence-corrected chi connectivity index (χ3v) is 5.74. The molecule has 0 heterocycles. The number of carboxylic acids is 1. The van der Waals surface area contributed by atoms with Crippen LogP contribution in [-0.2, 0) is 23.8 Å². The molecule has 0 spiro atoms. The number of hydrogen-bond acceptors (Lipinski definition) is 10. The van der Waals surface area contributed by atoms with Gasteiger partial charge in [0.05, 0.1) is 19.1 Å². The summed E-state index contributed by atoms with van der Waals surface area (Å²) in [6, 6.07) is 2.80. The summed E-state index contributed by atoms with van der Waals surface area (Å²) in [4.78, 5) is 49.0. The van der Waals surface area contributed by atoms with Crippen LogP contribution in [0.25, 0.3) is 0 Å². The second-order valence-corrected chi connectivity index (χ2v) is 12.7. The van der Waals surface area contributed by atoms with Crippen molar-refractivity contribution < 1.29 is 48.0 Å². The van der Waals surface area contributed by atoms with E-state index in [9.17, 15) is 24.3 Å². The van der Waals surface area contributed by atoms with Crippen LogP contribution < -0.4 is 15.2 Å². The van der Waals surface area contributed by atoms with Gasteiger partial charge >= 0.3 is 24.2 Å². The Morgan fingerprint density at radius 2 is 1.30 bits per heavy atom. The van der Waals surface area contributed by atoms with Gasteiger partial charge in [-0.1, -0.05) is 68.4 Å². The van der Waals surface area contributed by atoms with Crippen LogP contribution in [-0.4, -0.2) is 54.7 Å². The summed E-state index contributed by atoms with van der Waals surface area (Å²) >= 11 is 0. The van der Waals surface area contributed by atoms with Crippen LogP contribution in [0.4, 0.5) is 9.59 Å². The zero-order valence-corrected chi connectivity index (χ0v) is 25.2. The first-order chi connectivity index (χ1) is 18.2. The largest absolute Gasteiger partial charge is 0.513 e. The normalized spacial score (nSPS) is 14.9. The minimum atomic E-state index is -1.40. The average molecular weight is 568 g/mol. The first-order valence-electron chi connectivity index (χ1n) is 13.2. The molecule has 0 radical (unpaired) electrons. The molecule has 226 valence electrons. The molecule has 1 aromatic rings. The Morgan fingerprint density at radius 3 is 1.73 bits per heavy atom. The molecule has 1 aromatic carbocycles. The van der Waals surface area contributed by atoms with Gasteiger partial charge in [-0.2, -0.15) is 0 Å². The quantitative estimate of drug-likeness (QED) is 0.196. The standard InChI is InChI=1S/C29H45NO10/c1-16(2)25(33)38-18(4)17(3)22(23(30)24(31)32)19-11-12-20(39-26(34)36-14-28(5,6)7)21(13-19)40-27(35)37-15-29(8,9)10/h11-13,16-18,22-23H,14-15,30H2,1-10H3,(H,31,32)/t17?,18?,22?,23-/m0/s1. The lowest BCUT2D eigenvalue weighted by molar-refractivity contribution is -0.155. The number of carboxylic acid groups (broad SMARTS) is 1. The topological polar surface area (TPSA) is 161 Å². The molecule has 11 nitrogen and oxygen atoms in total. The summed E-state index contributed by atoms with van der Waals surface area (Å²) in [5, 5.41) is 9.75. The summed E-state index contributed by atoms with van der Waals surface area (Å²) in [5.41, 5.74) is 5.79. The minimum Gasteiger partial charge on any atom is -0.480 e. The molecule has 3 unspecified atom stereocenters. The lowest BCUT2D eigenvalue weighted by atomic mass is 9.79. The van der Waals surface area contributed by atoms with Gasteiger partial charge in [-0.3, -0.25) is 9.59 Å². The zero-order valence-electron chi connectivity index (χ0n) is 25.2. The lowest BCUT2D eigenvalue weighted by Gasteiger charge is -2.32. The number of esters is 1. The van der Waals surface area contributed by atoms with Gasteiger partial charge in [0.2, 0.25) is 0 Å². The monoisotopic (exact) mass is 567 g/mol. The highest BCUT2D eigenvalue weighted by atomic mass is 16.7. The van der Waals surface area contributed by atoms with E-state index < -0.39 is 48.2 Å². The number of ether oxygens (including phenoxy) is 5. The van der Waals surface area contributed by atoms with Crippen molar-refractivity contribution in [2.24, 2.45) is 28.4 Å². The van der Waals surface area contributed by atoms with E-state index >= 15 is 0 Å². The van der Waals surface area contributed by atoms with Crippen molar-refractivity contribution in [3.8, 4) is 11.5 Å². The molecule has 0 saturated heterocycles. The van der Waals surface area contributed by atoms with Gasteiger partial charge in [-0.05, 0) is 35.4 Å². The second kappa shape index (κ2) is 14.3. The Hall–Kier alpha value is -3.34. The molecule has 40 heavy (non-hydrogen) atoms. The second-order valence-electron chi connectivity index (χ2n) is 12.7. The average Bonchev–Trinajstić information content (AvgIpc) is 2.81. The molecule has 0 saturated carbocycles. The minimum absolute atomic E-state index is 0.0532. The van der Waals surface area contributed by atoms with Crippen molar-refractivity contribution in [1.82, 2.24) is 0 Å². The number of aliphatic carboxylic acids is 1. The van der Waals surface area contributed by atoms with E-state index in [0.29, 0.717) is 5.56 Å². The molecule has 11 heteroatoms. The van der Waals surface area contributed by atoms with Crippen molar-refractivity contribution in [3.63, 3.8) is 0 Å². The van der Waals surface area contributed by atoms with E-state index in [0.717, 1.165) is 0 Å². The molecule has 4 atom stereocenters. The maximum absolute atomic E-state index is 12.5. The molecular weight excluding hydrogens is 522 g/mol. The number of rotatable bonds is 11. The van der Waals surface area contributed by atoms with Gasteiger partial charge in [-0.15, -0.1) is 0 Å². The maximum atomic E-state index is 12.5. The Labute approximate surface area is 236 Å². The van der Waals surface area contributed by atoms with Gasteiger partial charge in [0, 0.05) is 11.8 Å². The highest BCUT2D eigenvalue weighted by Gasteiger charge is 2.36. The Morgan fingerprint density at radius 1 is 0.825 bits per heavy atom. The Balaban J connectivity index is 3.46. The number of hydrogen-bond donors (Lipinski definition) is 2. The maximum Gasteiger partial charge on any atom is 0.513 e. The highest BCUT2D eigenvalue weighted by molar-refractivity contribution is 5.75. The Kier molecular flexibility index (Phi) is 12.4. The first-order valence-corrected chi connectivity index (χ1v) is 13.2. The van der Waals surface area contributed by atoms with Crippen LogP contribution >= 0.6 is 0 Å². The fraction of sp³-hybridized carbons (Fsp3) is 0.655. The predicted molar refractivity (Wildman–Crippen MR) is 147 cm³/mol. The summed E-state index contributed by atoms with van der Waals surface area (Å²) in [6.45, 7) is 18.1. The zero-order chi connectivity index (χ0) is 31.0. The molecule has 0 aliphatic rings. The first kappa shape index (κ1) is 34.7. The van der Waals surface area contributed by atoms with Gasteiger partial charge in [0.1, 0.15) is 12.1 Å². The number of benzene rings is 1. The molecule has 0 amide bonds. The van der Waals surface area contributed by atoms with E-state index in [1.54, 1.807) is 27.7 Å². The van der Waals surface area contributed by atoms with Crippen LogP contribution in [0.5, 0.6) is 11.5 Å². The summed E-state index contributed by atoms with van der Waals surface area (Å²) in [6.07, 6.45) is -2.77. The molecule has 0 aliphatic heterocycles. The third kappa shape index (κ3) is 11.8. The summed E-state index contributed by atoms with van der Waals surface area (Å²) < 4.78 is 26.6.